The summed E-state index contributed by atoms with van der Waals surface area (Å²) in [7, 11) is -1.73. The van der Waals surface area contributed by atoms with Gasteiger partial charge in [0.15, 0.2) is 14.1 Å². The van der Waals surface area contributed by atoms with Crippen molar-refractivity contribution in [2.45, 2.75) is 52.8 Å². The Morgan fingerprint density at radius 3 is 2.00 bits per heavy atom. The van der Waals surface area contributed by atoms with Crippen molar-refractivity contribution < 1.29 is 9.22 Å². The van der Waals surface area contributed by atoms with Gasteiger partial charge in [-0.1, -0.05) is 34.6 Å². The number of carbonyl (C=O) groups excluding carboxylic acids is 1. The molecule has 0 N–H and O–H groups in total. The molecule has 0 spiro atoms. The average molecular weight is 216 g/mol. The normalized spacial score (nSPS) is 13.4. The van der Waals surface area contributed by atoms with Crippen LogP contribution in [-0.2, 0) is 9.22 Å². The summed E-state index contributed by atoms with van der Waals surface area (Å²) < 4.78 is 5.81. The first-order valence-corrected chi connectivity index (χ1v) is 8.15. The minimum atomic E-state index is -1.73. The lowest BCUT2D eigenvalue weighted by Crippen LogP contribution is -2.42. The zero-order valence-electron chi connectivity index (χ0n) is 10.6. The van der Waals surface area contributed by atoms with E-state index >= 15 is 0 Å². The molecule has 0 saturated carbocycles. The lowest BCUT2D eigenvalue weighted by atomic mass is 10.1. The molecule has 0 unspecified atom stereocenters. The quantitative estimate of drug-likeness (QED) is 0.674. The minimum Gasteiger partial charge on any atom is -0.410 e. The molecule has 3 heteroatoms. The Hall–Kier alpha value is -0.153. The number of Topliss-reactive ketones (excluding diaryl/α,β-unsaturated/α-hetero) is 1. The molecule has 0 amide bonds. The fourth-order valence-electron chi connectivity index (χ4n) is 0.635. The fraction of sp³-hybridized carbons (Fsp3) is 0.909. The average Bonchev–Trinajstić information content (AvgIpc) is 1.97. The number of carbonyl (C=O) groups is 1. The minimum absolute atomic E-state index is 0.0831. The molecular weight excluding hydrogens is 192 g/mol. The summed E-state index contributed by atoms with van der Waals surface area (Å²) in [5, 5.41) is 0.185. The van der Waals surface area contributed by atoms with E-state index in [0.29, 0.717) is 0 Å². The van der Waals surface area contributed by atoms with Crippen LogP contribution in [0.5, 0.6) is 0 Å². The maximum atomic E-state index is 11.4. The molecule has 0 fully saturated rings. The van der Waals surface area contributed by atoms with Crippen LogP contribution in [0.1, 0.15) is 34.6 Å². The molecule has 0 aromatic heterocycles. The summed E-state index contributed by atoms with van der Waals surface area (Å²) in [6.07, 6.45) is 0. The lowest BCUT2D eigenvalue weighted by Gasteiger charge is -2.36. The third kappa shape index (κ3) is 3.92. The van der Waals surface area contributed by atoms with Crippen LogP contribution in [0.25, 0.3) is 0 Å². The summed E-state index contributed by atoms with van der Waals surface area (Å²) in [6.45, 7) is 15.0. The van der Waals surface area contributed by atoms with Gasteiger partial charge >= 0.3 is 0 Å². The number of hydrogen-bond acceptors (Lipinski definition) is 2. The molecule has 0 bridgehead atoms. The maximum Gasteiger partial charge on any atom is 0.192 e. The maximum absolute atomic E-state index is 11.4. The summed E-state index contributed by atoms with van der Waals surface area (Å²) in [5.74, 6) is 0.287. The first kappa shape index (κ1) is 13.8. The third-order valence-electron chi connectivity index (χ3n) is 3.03. The van der Waals surface area contributed by atoms with Gasteiger partial charge in [0.1, 0.15) is 0 Å². The monoisotopic (exact) mass is 216 g/mol. The van der Waals surface area contributed by atoms with Crippen molar-refractivity contribution in [3.63, 3.8) is 0 Å². The van der Waals surface area contributed by atoms with Gasteiger partial charge in [-0.25, -0.2) is 0 Å². The first-order chi connectivity index (χ1) is 6.08. The van der Waals surface area contributed by atoms with E-state index in [9.17, 15) is 4.79 Å². The second-order valence-electron chi connectivity index (χ2n) is 5.67. The van der Waals surface area contributed by atoms with Gasteiger partial charge in [-0.05, 0) is 18.1 Å². The van der Waals surface area contributed by atoms with Crippen LogP contribution in [0.4, 0.5) is 0 Å². The predicted octanol–water partition coefficient (Wildman–Crippen LogP) is 3.23. The van der Waals surface area contributed by atoms with Gasteiger partial charge < -0.3 is 4.43 Å². The zero-order valence-corrected chi connectivity index (χ0v) is 11.6. The molecular formula is C11H24O2Si. The van der Waals surface area contributed by atoms with E-state index in [-0.39, 0.29) is 23.3 Å². The Morgan fingerprint density at radius 1 is 1.29 bits per heavy atom. The smallest absolute Gasteiger partial charge is 0.192 e. The molecule has 0 heterocycles. The Bertz CT molecular complexity index is 202. The van der Waals surface area contributed by atoms with Crippen molar-refractivity contribution in [3.8, 4) is 0 Å². The highest BCUT2D eigenvalue weighted by Crippen LogP contribution is 2.36. The van der Waals surface area contributed by atoms with E-state index in [1.165, 1.54) is 0 Å². The Morgan fingerprint density at radius 2 is 1.71 bits per heavy atom. The fourth-order valence-corrected chi connectivity index (χ4v) is 1.57. The van der Waals surface area contributed by atoms with E-state index in [1.807, 2.05) is 13.8 Å². The SMILES string of the molecule is CC(C)C(=O)CO[Si](C)(C)C(C)(C)C. The molecule has 0 aromatic rings. The zero-order chi connectivity index (χ0) is 11.6. The van der Waals surface area contributed by atoms with Gasteiger partial charge in [0.25, 0.3) is 0 Å². The Kier molecular flexibility index (Phi) is 4.53. The van der Waals surface area contributed by atoms with Crippen molar-refractivity contribution in [3.05, 3.63) is 0 Å². The third-order valence-corrected chi connectivity index (χ3v) is 7.50. The molecule has 14 heavy (non-hydrogen) atoms. The lowest BCUT2D eigenvalue weighted by molar-refractivity contribution is -0.124. The van der Waals surface area contributed by atoms with Crippen molar-refractivity contribution in [2.24, 2.45) is 5.92 Å². The Labute approximate surface area is 89.2 Å². The molecule has 0 aromatic carbocycles. The van der Waals surface area contributed by atoms with Crippen LogP contribution in [0.15, 0.2) is 0 Å². The second-order valence-corrected chi connectivity index (χ2v) is 10.5. The van der Waals surface area contributed by atoms with Crippen LogP contribution in [0, 0.1) is 5.92 Å². The molecule has 2 nitrogen and oxygen atoms in total. The van der Waals surface area contributed by atoms with Gasteiger partial charge in [0, 0.05) is 5.92 Å². The van der Waals surface area contributed by atoms with Crippen LogP contribution in [0.2, 0.25) is 18.1 Å². The summed E-state index contributed by atoms with van der Waals surface area (Å²) >= 11 is 0. The van der Waals surface area contributed by atoms with Crippen molar-refractivity contribution in [1.29, 1.82) is 0 Å². The Balaban J connectivity index is 4.20. The highest BCUT2D eigenvalue weighted by Gasteiger charge is 2.37. The molecule has 0 aliphatic carbocycles. The standard InChI is InChI=1S/C11H24O2Si/c1-9(2)10(12)8-13-14(6,7)11(3,4)5/h9H,8H2,1-7H3. The van der Waals surface area contributed by atoms with E-state index in [1.54, 1.807) is 0 Å². The van der Waals surface area contributed by atoms with Gasteiger partial charge in [-0.3, -0.25) is 4.79 Å². The van der Waals surface area contributed by atoms with E-state index < -0.39 is 8.32 Å². The topological polar surface area (TPSA) is 26.3 Å². The van der Waals surface area contributed by atoms with E-state index in [4.69, 9.17) is 4.43 Å². The van der Waals surface area contributed by atoms with E-state index in [0.717, 1.165) is 0 Å². The van der Waals surface area contributed by atoms with E-state index in [2.05, 4.69) is 33.9 Å². The van der Waals surface area contributed by atoms with Gasteiger partial charge in [-0.2, -0.15) is 0 Å². The van der Waals surface area contributed by atoms with Crippen LogP contribution in [0.3, 0.4) is 0 Å². The number of rotatable bonds is 4. The van der Waals surface area contributed by atoms with Crippen LogP contribution >= 0.6 is 0 Å². The first-order valence-electron chi connectivity index (χ1n) is 5.24. The molecule has 0 saturated heterocycles. The summed E-state index contributed by atoms with van der Waals surface area (Å²) in [5.41, 5.74) is 0. The van der Waals surface area contributed by atoms with Gasteiger partial charge in [-0.15, -0.1) is 0 Å². The van der Waals surface area contributed by atoms with Gasteiger partial charge in [0.2, 0.25) is 0 Å². The molecule has 0 aliphatic rings. The largest absolute Gasteiger partial charge is 0.410 e. The molecule has 0 rings (SSSR count). The second kappa shape index (κ2) is 4.58. The van der Waals surface area contributed by atoms with Crippen LogP contribution in [-0.4, -0.2) is 20.7 Å². The van der Waals surface area contributed by atoms with Crippen molar-refractivity contribution in [2.75, 3.05) is 6.61 Å². The molecule has 0 atom stereocenters. The number of hydrogen-bond donors (Lipinski definition) is 0. The number of ketones is 1. The predicted molar refractivity (Wildman–Crippen MR) is 63.0 cm³/mol. The van der Waals surface area contributed by atoms with Crippen molar-refractivity contribution in [1.82, 2.24) is 0 Å². The molecule has 0 radical (unpaired) electrons. The molecule has 0 aliphatic heterocycles. The highest BCUT2D eigenvalue weighted by molar-refractivity contribution is 6.74. The highest BCUT2D eigenvalue weighted by atomic mass is 28.4. The summed E-state index contributed by atoms with van der Waals surface area (Å²) in [6, 6.07) is 0. The van der Waals surface area contributed by atoms with Gasteiger partial charge in [0.05, 0.1) is 6.61 Å². The molecule has 84 valence electrons. The van der Waals surface area contributed by atoms with Crippen molar-refractivity contribution >= 4 is 14.1 Å². The van der Waals surface area contributed by atoms with Crippen LogP contribution < -0.4 is 0 Å². The summed E-state index contributed by atoms with van der Waals surface area (Å²) in [4.78, 5) is 11.4.